The largest absolute Gasteiger partial charge is 0.488 e. The molecule has 6 nitrogen and oxygen atoms in total. The number of ether oxygens (including phenoxy) is 3. The molecule has 1 unspecified atom stereocenters. The molecule has 1 atom stereocenters. The molecule has 0 aromatic heterocycles. The molecule has 33 heavy (non-hydrogen) atoms. The van der Waals surface area contributed by atoms with Crippen molar-refractivity contribution in [3.63, 3.8) is 0 Å². The second kappa shape index (κ2) is 11.4. The predicted molar refractivity (Wildman–Crippen MR) is 130 cm³/mol. The zero-order chi connectivity index (χ0) is 24.6. The van der Waals surface area contributed by atoms with Crippen LogP contribution in [-0.2, 0) is 27.1 Å². The second-order valence-corrected chi connectivity index (χ2v) is 10.2. The third-order valence-corrected chi connectivity index (χ3v) is 4.52. The lowest BCUT2D eigenvalue weighted by Gasteiger charge is -2.25. The number of benzene rings is 2. The van der Waals surface area contributed by atoms with Crippen LogP contribution in [0.5, 0.6) is 5.75 Å². The first kappa shape index (κ1) is 26.5. The maximum absolute atomic E-state index is 12.8. The van der Waals surface area contributed by atoms with E-state index < -0.39 is 23.7 Å². The Bertz CT molecular complexity index is 929. The van der Waals surface area contributed by atoms with Gasteiger partial charge in [0.2, 0.25) is 0 Å². The van der Waals surface area contributed by atoms with Gasteiger partial charge in [0.05, 0.1) is 6.61 Å². The van der Waals surface area contributed by atoms with E-state index in [1.165, 1.54) is 0 Å². The molecule has 0 bridgehead atoms. The summed E-state index contributed by atoms with van der Waals surface area (Å²) in [7, 11) is 0. The van der Waals surface area contributed by atoms with Gasteiger partial charge in [0.25, 0.3) is 0 Å². The van der Waals surface area contributed by atoms with Crippen LogP contribution in [0.2, 0.25) is 5.02 Å². The van der Waals surface area contributed by atoms with Gasteiger partial charge in [-0.25, -0.2) is 9.59 Å². The van der Waals surface area contributed by atoms with E-state index in [9.17, 15) is 9.59 Å². The van der Waals surface area contributed by atoms with Gasteiger partial charge in [0.1, 0.15) is 23.0 Å². The fourth-order valence-electron chi connectivity index (χ4n) is 2.99. The van der Waals surface area contributed by atoms with Gasteiger partial charge >= 0.3 is 12.1 Å². The molecule has 2 rings (SSSR count). The number of rotatable bonds is 8. The van der Waals surface area contributed by atoms with E-state index in [4.69, 9.17) is 25.8 Å². The second-order valence-electron chi connectivity index (χ2n) is 9.81. The van der Waals surface area contributed by atoms with Crippen molar-refractivity contribution in [1.29, 1.82) is 0 Å². The summed E-state index contributed by atoms with van der Waals surface area (Å²) in [5.41, 5.74) is 0.817. The summed E-state index contributed by atoms with van der Waals surface area (Å²) in [6.07, 6.45) is 0.0922. The van der Waals surface area contributed by atoms with Crippen LogP contribution in [0.4, 0.5) is 4.79 Å². The molecule has 0 radical (unpaired) electrons. The number of alkyl carbamates (subject to hydrolysis) is 1. The molecule has 0 heterocycles. The topological polar surface area (TPSA) is 73.9 Å². The Kier molecular flexibility index (Phi) is 9.17. The molecule has 180 valence electrons. The van der Waals surface area contributed by atoms with Gasteiger partial charge in [0.15, 0.2) is 0 Å². The fraction of sp³-hybridized carbons (Fsp3) is 0.462. The zero-order valence-corrected chi connectivity index (χ0v) is 21.0. The Morgan fingerprint density at radius 1 is 0.939 bits per heavy atom. The molecule has 0 saturated heterocycles. The normalized spacial score (nSPS) is 12.6. The molecule has 7 heteroatoms. The SMILES string of the molecule is CC(C)(C)OC(=O)C(Cc1ccc(OC(C)(C)C)cc1)NC(=O)OCCc1cccc(Cl)c1. The van der Waals surface area contributed by atoms with E-state index in [0.29, 0.717) is 11.4 Å². The minimum Gasteiger partial charge on any atom is -0.488 e. The Morgan fingerprint density at radius 3 is 2.18 bits per heavy atom. The average Bonchev–Trinajstić information content (AvgIpc) is 2.66. The predicted octanol–water partition coefficient (Wildman–Crippen LogP) is 5.74. The van der Waals surface area contributed by atoms with Crippen LogP contribution in [0.1, 0.15) is 52.7 Å². The van der Waals surface area contributed by atoms with E-state index >= 15 is 0 Å². The first-order valence-electron chi connectivity index (χ1n) is 11.0. The van der Waals surface area contributed by atoms with Gasteiger partial charge in [-0.05, 0) is 76.9 Å². The quantitative estimate of drug-likeness (QED) is 0.493. The van der Waals surface area contributed by atoms with Gasteiger partial charge in [-0.3, -0.25) is 0 Å². The van der Waals surface area contributed by atoms with Crippen molar-refractivity contribution in [2.75, 3.05) is 6.61 Å². The van der Waals surface area contributed by atoms with Crippen LogP contribution in [0.15, 0.2) is 48.5 Å². The van der Waals surface area contributed by atoms with Crippen molar-refractivity contribution < 1.29 is 23.8 Å². The number of hydrogen-bond donors (Lipinski definition) is 1. The highest BCUT2D eigenvalue weighted by molar-refractivity contribution is 6.30. The Morgan fingerprint density at radius 2 is 1.61 bits per heavy atom. The number of esters is 1. The van der Waals surface area contributed by atoms with Gasteiger partial charge < -0.3 is 19.5 Å². The Hall–Kier alpha value is -2.73. The van der Waals surface area contributed by atoms with Gasteiger partial charge in [-0.2, -0.15) is 0 Å². The van der Waals surface area contributed by atoms with Crippen molar-refractivity contribution in [3.8, 4) is 5.75 Å². The molecule has 0 spiro atoms. The maximum atomic E-state index is 12.8. The molecule has 0 aliphatic rings. The third-order valence-electron chi connectivity index (χ3n) is 4.28. The highest BCUT2D eigenvalue weighted by Crippen LogP contribution is 2.20. The molecule has 0 fully saturated rings. The number of carbonyl (C=O) groups is 2. The summed E-state index contributed by atoms with van der Waals surface area (Å²) < 4.78 is 16.6. The monoisotopic (exact) mass is 475 g/mol. The molecule has 1 amide bonds. The first-order valence-corrected chi connectivity index (χ1v) is 11.4. The number of amides is 1. The van der Waals surface area contributed by atoms with E-state index in [1.54, 1.807) is 26.8 Å². The first-order chi connectivity index (χ1) is 15.3. The molecule has 2 aromatic carbocycles. The maximum Gasteiger partial charge on any atom is 0.407 e. The number of carbonyl (C=O) groups excluding carboxylic acids is 2. The summed E-state index contributed by atoms with van der Waals surface area (Å²) in [5, 5.41) is 3.27. The van der Waals surface area contributed by atoms with Crippen LogP contribution in [0.25, 0.3) is 0 Å². The highest BCUT2D eigenvalue weighted by atomic mass is 35.5. The van der Waals surface area contributed by atoms with E-state index in [2.05, 4.69) is 5.32 Å². The van der Waals surface area contributed by atoms with Gasteiger partial charge in [-0.1, -0.05) is 35.9 Å². The average molecular weight is 476 g/mol. The van der Waals surface area contributed by atoms with Crippen LogP contribution in [-0.4, -0.2) is 35.9 Å². The summed E-state index contributed by atoms with van der Waals surface area (Å²) in [4.78, 5) is 25.1. The smallest absolute Gasteiger partial charge is 0.407 e. The lowest BCUT2D eigenvalue weighted by molar-refractivity contribution is -0.157. The fourth-order valence-corrected chi connectivity index (χ4v) is 3.20. The standard InChI is InChI=1S/C26H34ClNO5/c1-25(2,3)32-21-12-10-19(11-13-21)17-22(23(29)33-26(4,5)6)28-24(30)31-15-14-18-8-7-9-20(27)16-18/h7-13,16,22H,14-15,17H2,1-6H3,(H,28,30). The molecule has 2 aromatic rings. The number of hydrogen-bond acceptors (Lipinski definition) is 5. The van der Waals surface area contributed by atoms with Crippen molar-refractivity contribution in [2.24, 2.45) is 0 Å². The number of nitrogens with one attached hydrogen (secondary N) is 1. The summed E-state index contributed by atoms with van der Waals surface area (Å²) in [5.74, 6) is 0.206. The van der Waals surface area contributed by atoms with Crippen LogP contribution >= 0.6 is 11.6 Å². The minimum atomic E-state index is -0.891. The van der Waals surface area contributed by atoms with Crippen molar-refractivity contribution in [2.45, 2.75) is 71.6 Å². The Balaban J connectivity index is 2.00. The third kappa shape index (κ3) is 10.6. The van der Waals surface area contributed by atoms with Crippen LogP contribution < -0.4 is 10.1 Å². The number of halogens is 1. The minimum absolute atomic E-state index is 0.159. The lowest BCUT2D eigenvalue weighted by Crippen LogP contribution is -2.45. The van der Waals surface area contributed by atoms with E-state index in [1.807, 2.05) is 63.2 Å². The molecule has 0 saturated carbocycles. The van der Waals surface area contributed by atoms with Crippen LogP contribution in [0.3, 0.4) is 0 Å². The van der Waals surface area contributed by atoms with Crippen molar-refractivity contribution in [3.05, 3.63) is 64.7 Å². The Labute approximate surface area is 201 Å². The molecular weight excluding hydrogens is 442 g/mol. The van der Waals surface area contributed by atoms with Gasteiger partial charge in [0, 0.05) is 17.9 Å². The molecule has 1 N–H and O–H groups in total. The van der Waals surface area contributed by atoms with E-state index in [-0.39, 0.29) is 18.6 Å². The lowest BCUT2D eigenvalue weighted by atomic mass is 10.1. The van der Waals surface area contributed by atoms with Crippen molar-refractivity contribution in [1.82, 2.24) is 5.32 Å². The van der Waals surface area contributed by atoms with Crippen LogP contribution in [0, 0.1) is 0 Å². The molecule has 0 aliphatic carbocycles. The summed E-state index contributed by atoms with van der Waals surface area (Å²) in [6, 6.07) is 13.9. The highest BCUT2D eigenvalue weighted by Gasteiger charge is 2.27. The molecular formula is C26H34ClNO5. The zero-order valence-electron chi connectivity index (χ0n) is 20.2. The summed E-state index contributed by atoms with van der Waals surface area (Å²) >= 11 is 5.98. The summed E-state index contributed by atoms with van der Waals surface area (Å²) in [6.45, 7) is 11.4. The van der Waals surface area contributed by atoms with E-state index in [0.717, 1.165) is 16.9 Å². The van der Waals surface area contributed by atoms with Crippen molar-refractivity contribution >= 4 is 23.7 Å². The van der Waals surface area contributed by atoms with Gasteiger partial charge in [-0.15, -0.1) is 0 Å². The molecule has 0 aliphatic heterocycles.